The quantitative estimate of drug-likeness (QED) is 0.654. The van der Waals surface area contributed by atoms with Crippen LogP contribution in [0.1, 0.15) is 43.7 Å². The van der Waals surface area contributed by atoms with Crippen molar-refractivity contribution >= 4 is 15.9 Å². The number of hydrogen-bond donors (Lipinski definition) is 2. The van der Waals surface area contributed by atoms with Gasteiger partial charge in [0.05, 0.1) is 6.04 Å². The van der Waals surface area contributed by atoms with Crippen molar-refractivity contribution in [3.63, 3.8) is 0 Å². The molecule has 1 atom stereocenters. The first-order chi connectivity index (χ1) is 8.61. The molecule has 0 aromatic heterocycles. The zero-order valence-electron chi connectivity index (χ0n) is 10.1. The summed E-state index contributed by atoms with van der Waals surface area (Å²) in [6.45, 7) is 0. The zero-order valence-corrected chi connectivity index (χ0v) is 11.6. The van der Waals surface area contributed by atoms with E-state index in [1.54, 1.807) is 0 Å². The molecule has 1 aliphatic rings. The van der Waals surface area contributed by atoms with Crippen LogP contribution in [0.5, 0.6) is 0 Å². The van der Waals surface area contributed by atoms with Gasteiger partial charge in [0.25, 0.3) is 0 Å². The van der Waals surface area contributed by atoms with E-state index < -0.39 is 17.7 Å². The summed E-state index contributed by atoms with van der Waals surface area (Å²) >= 11 is 3.07. The monoisotopic (exact) mass is 318 g/mol. The molecule has 0 saturated heterocycles. The van der Waals surface area contributed by atoms with Crippen LogP contribution in [0.25, 0.3) is 0 Å². The second kappa shape index (κ2) is 6.08. The lowest BCUT2D eigenvalue weighted by Gasteiger charge is -2.21. The summed E-state index contributed by atoms with van der Waals surface area (Å²) in [5, 5.41) is 0. The molecule has 1 aromatic rings. The average Bonchev–Trinajstić information content (AvgIpc) is 2.79. The summed E-state index contributed by atoms with van der Waals surface area (Å²) in [4.78, 5) is 0. The SMILES string of the molecule is NNC(CC1CCCC1)c1c(F)cc(Br)cc1F. The predicted octanol–water partition coefficient (Wildman–Crippen LogP) is 3.81. The number of benzene rings is 1. The second-order valence-electron chi connectivity index (χ2n) is 4.89. The van der Waals surface area contributed by atoms with Crippen molar-refractivity contribution < 1.29 is 8.78 Å². The van der Waals surface area contributed by atoms with E-state index in [9.17, 15) is 8.78 Å². The predicted molar refractivity (Wildman–Crippen MR) is 70.7 cm³/mol. The van der Waals surface area contributed by atoms with Crippen molar-refractivity contribution in [2.75, 3.05) is 0 Å². The average molecular weight is 319 g/mol. The molecule has 0 bridgehead atoms. The molecule has 1 aromatic carbocycles. The van der Waals surface area contributed by atoms with Crippen molar-refractivity contribution in [3.8, 4) is 0 Å². The third kappa shape index (κ3) is 3.08. The van der Waals surface area contributed by atoms with E-state index in [0.717, 1.165) is 12.8 Å². The van der Waals surface area contributed by atoms with Crippen molar-refractivity contribution in [1.82, 2.24) is 5.43 Å². The van der Waals surface area contributed by atoms with E-state index in [-0.39, 0.29) is 5.56 Å². The van der Waals surface area contributed by atoms with Crippen LogP contribution in [-0.2, 0) is 0 Å². The van der Waals surface area contributed by atoms with E-state index in [1.165, 1.54) is 25.0 Å². The molecule has 100 valence electrons. The van der Waals surface area contributed by atoms with Crippen LogP contribution in [0, 0.1) is 17.6 Å². The zero-order chi connectivity index (χ0) is 13.1. The van der Waals surface area contributed by atoms with Gasteiger partial charge in [-0.2, -0.15) is 0 Å². The fourth-order valence-corrected chi connectivity index (χ4v) is 3.14. The first-order valence-electron chi connectivity index (χ1n) is 6.22. The van der Waals surface area contributed by atoms with Gasteiger partial charge in [-0.25, -0.2) is 8.78 Å². The Balaban J connectivity index is 2.21. The molecule has 1 saturated carbocycles. The molecule has 0 amide bonds. The van der Waals surface area contributed by atoms with E-state index in [1.807, 2.05) is 0 Å². The third-order valence-electron chi connectivity index (χ3n) is 3.64. The molecule has 1 unspecified atom stereocenters. The van der Waals surface area contributed by atoms with Crippen LogP contribution in [0.3, 0.4) is 0 Å². The Morgan fingerprint density at radius 3 is 2.33 bits per heavy atom. The van der Waals surface area contributed by atoms with Crippen LogP contribution in [0.2, 0.25) is 0 Å². The number of nitrogens with two attached hydrogens (primary N) is 1. The molecule has 18 heavy (non-hydrogen) atoms. The maximum atomic E-state index is 13.9. The van der Waals surface area contributed by atoms with Crippen LogP contribution in [0.4, 0.5) is 8.78 Å². The second-order valence-corrected chi connectivity index (χ2v) is 5.80. The van der Waals surface area contributed by atoms with Gasteiger partial charge in [0.1, 0.15) is 11.6 Å². The van der Waals surface area contributed by atoms with E-state index in [4.69, 9.17) is 5.84 Å². The fourth-order valence-electron chi connectivity index (χ4n) is 2.73. The number of hydrogen-bond acceptors (Lipinski definition) is 2. The molecule has 0 radical (unpaired) electrons. The summed E-state index contributed by atoms with van der Waals surface area (Å²) in [6.07, 6.45) is 5.34. The number of nitrogens with one attached hydrogen (secondary N) is 1. The summed E-state index contributed by atoms with van der Waals surface area (Å²) in [7, 11) is 0. The van der Waals surface area contributed by atoms with Crippen LogP contribution >= 0.6 is 15.9 Å². The van der Waals surface area contributed by atoms with Gasteiger partial charge in [-0.3, -0.25) is 11.3 Å². The van der Waals surface area contributed by atoms with E-state index in [0.29, 0.717) is 16.8 Å². The highest BCUT2D eigenvalue weighted by Crippen LogP contribution is 2.34. The van der Waals surface area contributed by atoms with E-state index in [2.05, 4.69) is 21.4 Å². The molecular formula is C13H17BrF2N2. The summed E-state index contributed by atoms with van der Waals surface area (Å²) in [6, 6.07) is 2.09. The molecule has 0 aliphatic heterocycles. The normalized spacial score (nSPS) is 18.2. The Morgan fingerprint density at radius 2 is 1.83 bits per heavy atom. The Hall–Kier alpha value is -0.520. The minimum absolute atomic E-state index is 0.0487. The van der Waals surface area contributed by atoms with Gasteiger partial charge in [-0.1, -0.05) is 41.6 Å². The Kier molecular flexibility index (Phi) is 4.70. The molecule has 2 rings (SSSR count). The summed E-state index contributed by atoms with van der Waals surface area (Å²) in [5.41, 5.74) is 2.60. The fraction of sp³-hybridized carbons (Fsp3) is 0.538. The van der Waals surface area contributed by atoms with Crippen molar-refractivity contribution in [2.45, 2.75) is 38.1 Å². The topological polar surface area (TPSA) is 38.0 Å². The minimum Gasteiger partial charge on any atom is -0.271 e. The number of hydrazine groups is 1. The molecule has 1 aliphatic carbocycles. The molecular weight excluding hydrogens is 302 g/mol. The highest BCUT2D eigenvalue weighted by Gasteiger charge is 2.25. The lowest BCUT2D eigenvalue weighted by molar-refractivity contribution is 0.378. The summed E-state index contributed by atoms with van der Waals surface area (Å²) < 4.78 is 28.1. The Labute approximate surface area is 114 Å². The molecule has 5 heteroatoms. The standard InChI is InChI=1S/C13H17BrF2N2/c14-9-6-10(15)13(11(16)7-9)12(18-17)5-8-3-1-2-4-8/h6-8,12,18H,1-5,17H2. The first-order valence-corrected chi connectivity index (χ1v) is 7.01. The largest absolute Gasteiger partial charge is 0.271 e. The molecule has 0 spiro atoms. The maximum absolute atomic E-state index is 13.9. The van der Waals surface area contributed by atoms with Crippen LogP contribution < -0.4 is 11.3 Å². The molecule has 1 fully saturated rings. The van der Waals surface area contributed by atoms with Gasteiger partial charge < -0.3 is 0 Å². The van der Waals surface area contributed by atoms with Crippen LogP contribution in [-0.4, -0.2) is 0 Å². The van der Waals surface area contributed by atoms with E-state index >= 15 is 0 Å². The van der Waals surface area contributed by atoms with Gasteiger partial charge in [-0.15, -0.1) is 0 Å². The van der Waals surface area contributed by atoms with Crippen molar-refractivity contribution in [3.05, 3.63) is 33.8 Å². The van der Waals surface area contributed by atoms with Gasteiger partial charge >= 0.3 is 0 Å². The van der Waals surface area contributed by atoms with Crippen molar-refractivity contribution in [1.29, 1.82) is 0 Å². The van der Waals surface area contributed by atoms with Gasteiger partial charge in [-0.05, 0) is 24.5 Å². The number of rotatable bonds is 4. The van der Waals surface area contributed by atoms with Gasteiger partial charge in [0, 0.05) is 10.0 Å². The highest BCUT2D eigenvalue weighted by molar-refractivity contribution is 9.10. The van der Waals surface area contributed by atoms with Gasteiger partial charge in [0.2, 0.25) is 0 Å². The van der Waals surface area contributed by atoms with Gasteiger partial charge in [0.15, 0.2) is 0 Å². The maximum Gasteiger partial charge on any atom is 0.132 e. The Morgan fingerprint density at radius 1 is 1.28 bits per heavy atom. The molecule has 0 heterocycles. The lowest BCUT2D eigenvalue weighted by atomic mass is 9.93. The lowest BCUT2D eigenvalue weighted by Crippen LogP contribution is -2.31. The third-order valence-corrected chi connectivity index (χ3v) is 4.10. The minimum atomic E-state index is -0.553. The summed E-state index contributed by atoms with van der Waals surface area (Å²) in [5.74, 6) is 4.87. The highest BCUT2D eigenvalue weighted by atomic mass is 79.9. The molecule has 3 N–H and O–H groups in total. The van der Waals surface area contributed by atoms with Crippen LogP contribution in [0.15, 0.2) is 16.6 Å². The number of halogens is 3. The van der Waals surface area contributed by atoms with Crippen molar-refractivity contribution in [2.24, 2.45) is 11.8 Å². The molecule has 2 nitrogen and oxygen atoms in total. The smallest absolute Gasteiger partial charge is 0.132 e. The Bertz CT molecular complexity index is 396. The first kappa shape index (κ1) is 13.9.